The molecule has 0 aliphatic heterocycles. The molecule has 0 bridgehead atoms. The van der Waals surface area contributed by atoms with Gasteiger partial charge in [0.1, 0.15) is 0 Å². The van der Waals surface area contributed by atoms with E-state index in [2.05, 4.69) is 24.1 Å². The second-order valence-corrected chi connectivity index (χ2v) is 8.34. The number of nitrogens with one attached hydrogen (secondary N) is 4. The molecule has 1 aliphatic rings. The molecule has 8 heteroatoms. The maximum Gasteiger partial charge on any atom is 0.248 e. The summed E-state index contributed by atoms with van der Waals surface area (Å²) in [5.41, 5.74) is 9.45. The molecule has 30 heavy (non-hydrogen) atoms. The van der Waals surface area contributed by atoms with Crippen LogP contribution in [0.4, 0.5) is 0 Å². The molecule has 0 aromatic carbocycles. The molecule has 1 aromatic rings. The van der Waals surface area contributed by atoms with Crippen molar-refractivity contribution in [2.45, 2.75) is 39.7 Å². The summed E-state index contributed by atoms with van der Waals surface area (Å²) in [4.78, 5) is 27.9. The van der Waals surface area contributed by atoms with Gasteiger partial charge in [-0.3, -0.25) is 9.59 Å². The minimum absolute atomic E-state index is 0.210. The van der Waals surface area contributed by atoms with Crippen molar-refractivity contribution in [1.29, 1.82) is 10.8 Å². The molecule has 1 atom stereocenters. The highest BCUT2D eigenvalue weighted by molar-refractivity contribution is 8.03. The van der Waals surface area contributed by atoms with Crippen LogP contribution < -0.4 is 16.6 Å². The average molecular weight is 428 g/mol. The second-order valence-electron chi connectivity index (χ2n) is 7.24. The molecule has 160 valence electrons. The highest BCUT2D eigenvalue weighted by Gasteiger charge is 2.25. The number of H-pyrrole nitrogens is 1. The summed E-state index contributed by atoms with van der Waals surface area (Å²) < 4.78 is 0. The second kappa shape index (κ2) is 11.3. The third-order valence-electron chi connectivity index (χ3n) is 5.14. The molecule has 1 amide bonds. The summed E-state index contributed by atoms with van der Waals surface area (Å²) in [5.74, 6) is 0.793. The van der Waals surface area contributed by atoms with Crippen molar-refractivity contribution >= 4 is 30.1 Å². The highest BCUT2D eigenvalue weighted by Crippen LogP contribution is 2.38. The van der Waals surface area contributed by atoms with E-state index in [1.807, 2.05) is 0 Å². The molecule has 0 saturated heterocycles. The van der Waals surface area contributed by atoms with E-state index < -0.39 is 0 Å². The lowest BCUT2D eigenvalue weighted by Crippen LogP contribution is -2.26. The van der Waals surface area contributed by atoms with Crippen LogP contribution in [0.15, 0.2) is 56.5 Å². The molecule has 1 heterocycles. The Morgan fingerprint density at radius 3 is 2.87 bits per heavy atom. The predicted molar refractivity (Wildman–Crippen MR) is 124 cm³/mol. The largest absolute Gasteiger partial charge is 0.402 e. The van der Waals surface area contributed by atoms with Crippen LogP contribution in [0.25, 0.3) is 0 Å². The van der Waals surface area contributed by atoms with Crippen molar-refractivity contribution in [2.75, 3.05) is 5.75 Å². The fourth-order valence-electron chi connectivity index (χ4n) is 3.21. The molecule has 1 aromatic heterocycles. The van der Waals surface area contributed by atoms with Crippen LogP contribution in [-0.2, 0) is 11.3 Å². The van der Waals surface area contributed by atoms with Crippen molar-refractivity contribution in [2.24, 2.45) is 11.7 Å². The first-order valence-electron chi connectivity index (χ1n) is 9.85. The maximum absolute atomic E-state index is 13.0. The molecule has 0 spiro atoms. The fraction of sp³-hybridized carbons (Fsp3) is 0.364. The number of hydrogen-bond acceptors (Lipinski definition) is 6. The van der Waals surface area contributed by atoms with E-state index in [-0.39, 0.29) is 18.0 Å². The number of nitrogens with two attached hydrogens (primary N) is 1. The number of rotatable bonds is 9. The normalized spacial score (nSPS) is 17.5. The van der Waals surface area contributed by atoms with E-state index >= 15 is 0 Å². The Hall–Kier alpha value is -2.87. The quantitative estimate of drug-likeness (QED) is 0.386. The number of carbonyl (C=O) groups excluding carboxylic acids is 1. The molecular formula is C22H29N5O2S. The fourth-order valence-corrected chi connectivity index (χ4v) is 4.52. The van der Waals surface area contributed by atoms with Crippen LogP contribution in [0, 0.1) is 16.7 Å². The number of hydrogen-bond donors (Lipinski definition) is 5. The third-order valence-corrected chi connectivity index (χ3v) is 6.38. The molecular weight excluding hydrogens is 398 g/mol. The lowest BCUT2D eigenvalue weighted by atomic mass is 9.97. The summed E-state index contributed by atoms with van der Waals surface area (Å²) in [5, 5.41) is 18.0. The summed E-state index contributed by atoms with van der Waals surface area (Å²) >= 11 is 1.60. The van der Waals surface area contributed by atoms with Gasteiger partial charge in [-0.25, -0.2) is 0 Å². The predicted octanol–water partition coefficient (Wildman–Crippen LogP) is 3.26. The van der Waals surface area contributed by atoms with Gasteiger partial charge in [-0.15, -0.1) is 11.8 Å². The lowest BCUT2D eigenvalue weighted by molar-refractivity contribution is -0.117. The van der Waals surface area contributed by atoms with Crippen molar-refractivity contribution < 1.29 is 4.79 Å². The van der Waals surface area contributed by atoms with Crippen molar-refractivity contribution in [3.05, 3.63) is 67.6 Å². The molecule has 2 rings (SSSR count). The van der Waals surface area contributed by atoms with E-state index in [0.29, 0.717) is 41.4 Å². The zero-order valence-corrected chi connectivity index (χ0v) is 18.2. The van der Waals surface area contributed by atoms with Gasteiger partial charge >= 0.3 is 0 Å². The number of aromatic nitrogens is 1. The summed E-state index contributed by atoms with van der Waals surface area (Å²) in [6.45, 7) is 4.45. The number of amides is 1. The van der Waals surface area contributed by atoms with Gasteiger partial charge in [0, 0.05) is 58.7 Å². The molecule has 7 nitrogen and oxygen atoms in total. The van der Waals surface area contributed by atoms with Gasteiger partial charge in [0.2, 0.25) is 11.5 Å². The van der Waals surface area contributed by atoms with Crippen LogP contribution in [0.3, 0.4) is 0 Å². The zero-order chi connectivity index (χ0) is 22.1. The number of carbonyl (C=O) groups is 1. The number of thioether (sulfide) groups is 1. The first-order valence-corrected chi connectivity index (χ1v) is 10.8. The molecule has 1 aliphatic carbocycles. The van der Waals surface area contributed by atoms with Gasteiger partial charge in [0.05, 0.1) is 0 Å². The van der Waals surface area contributed by atoms with Gasteiger partial charge in [0.25, 0.3) is 0 Å². The van der Waals surface area contributed by atoms with Gasteiger partial charge < -0.3 is 26.9 Å². The number of aromatic amines is 1. The lowest BCUT2D eigenvalue weighted by Gasteiger charge is -2.15. The Morgan fingerprint density at radius 2 is 2.20 bits per heavy atom. The van der Waals surface area contributed by atoms with Gasteiger partial charge in [-0.05, 0) is 49.8 Å². The smallest absolute Gasteiger partial charge is 0.248 e. The Balaban J connectivity index is 2.23. The molecule has 1 unspecified atom stereocenters. The third kappa shape index (κ3) is 6.32. The number of allylic oxidation sites excluding steroid dienone is 4. The van der Waals surface area contributed by atoms with Gasteiger partial charge in [-0.2, -0.15) is 0 Å². The zero-order valence-electron chi connectivity index (χ0n) is 17.4. The van der Waals surface area contributed by atoms with Crippen LogP contribution in [0.5, 0.6) is 0 Å². The van der Waals surface area contributed by atoms with Crippen LogP contribution >= 0.6 is 11.8 Å². The van der Waals surface area contributed by atoms with Crippen LogP contribution in [0.2, 0.25) is 0 Å². The Labute approximate surface area is 180 Å². The Morgan fingerprint density at radius 1 is 1.43 bits per heavy atom. The molecule has 0 radical (unpaired) electrons. The molecule has 0 saturated carbocycles. The van der Waals surface area contributed by atoms with Crippen LogP contribution in [-0.4, -0.2) is 29.1 Å². The van der Waals surface area contributed by atoms with Crippen molar-refractivity contribution in [3.8, 4) is 0 Å². The van der Waals surface area contributed by atoms with Crippen molar-refractivity contribution in [3.63, 3.8) is 0 Å². The van der Waals surface area contributed by atoms with E-state index in [0.717, 1.165) is 16.9 Å². The standard InChI is InChI=1S/C22H29N5O2S/c1-14-3-4-18(22(29)27-13-16-6-9-26-20(28)11-16)19(12-24)21(15(14)2)30-10-7-17(25)5-8-23/h5-6,8-9,11-12,14,23-24H,3-4,7,10,13,25H2,1-2H3,(H,26,28)(H,27,29). The first kappa shape index (κ1) is 23.4. The Bertz CT molecular complexity index is 958. The summed E-state index contributed by atoms with van der Waals surface area (Å²) in [7, 11) is 0. The minimum Gasteiger partial charge on any atom is -0.402 e. The minimum atomic E-state index is -0.211. The molecule has 6 N–H and O–H groups in total. The number of pyridine rings is 1. The van der Waals surface area contributed by atoms with E-state index in [4.69, 9.17) is 16.6 Å². The highest BCUT2D eigenvalue weighted by atomic mass is 32.2. The van der Waals surface area contributed by atoms with E-state index in [1.165, 1.54) is 24.1 Å². The Kier molecular flexibility index (Phi) is 8.86. The summed E-state index contributed by atoms with van der Waals surface area (Å²) in [6, 6.07) is 3.21. The average Bonchev–Trinajstić information content (AvgIpc) is 2.83. The van der Waals surface area contributed by atoms with Crippen LogP contribution in [0.1, 0.15) is 38.7 Å². The maximum atomic E-state index is 13.0. The SMILES string of the molecule is CC1=C(SCCC(N)=CC=N)C(C=N)=C(C(=O)NCc2cc[nH]c(=O)c2)CCC1C. The van der Waals surface area contributed by atoms with Gasteiger partial charge in [-0.1, -0.05) is 12.5 Å². The summed E-state index contributed by atoms with van der Waals surface area (Å²) in [6.07, 6.45) is 7.60. The molecule has 0 fully saturated rings. The van der Waals surface area contributed by atoms with E-state index in [1.54, 1.807) is 30.1 Å². The monoisotopic (exact) mass is 427 g/mol. The van der Waals surface area contributed by atoms with Crippen molar-refractivity contribution in [1.82, 2.24) is 10.3 Å². The van der Waals surface area contributed by atoms with E-state index in [9.17, 15) is 9.59 Å². The first-order chi connectivity index (χ1) is 14.4. The van der Waals surface area contributed by atoms with Gasteiger partial charge in [0.15, 0.2) is 0 Å². The topological polar surface area (TPSA) is 136 Å².